The third-order valence-corrected chi connectivity index (χ3v) is 6.73. The molecule has 0 unspecified atom stereocenters. The van der Waals surface area contributed by atoms with Crippen molar-refractivity contribution in [2.75, 3.05) is 12.0 Å². The number of methoxy groups -OCH3 is 1. The van der Waals surface area contributed by atoms with Gasteiger partial charge >= 0.3 is 6.09 Å². The van der Waals surface area contributed by atoms with Gasteiger partial charge in [-0.3, -0.25) is 4.79 Å². The van der Waals surface area contributed by atoms with Crippen molar-refractivity contribution in [3.05, 3.63) is 82.7 Å². The number of imide groups is 1. The molecule has 5 rings (SSSR count). The summed E-state index contributed by atoms with van der Waals surface area (Å²) in [7, 11) is 1.48. The molecule has 0 saturated carbocycles. The zero-order chi connectivity index (χ0) is 29.6. The molecule has 1 aromatic heterocycles. The van der Waals surface area contributed by atoms with E-state index in [0.29, 0.717) is 28.1 Å². The summed E-state index contributed by atoms with van der Waals surface area (Å²) in [6, 6.07) is 17.1. The van der Waals surface area contributed by atoms with Crippen molar-refractivity contribution >= 4 is 40.6 Å². The van der Waals surface area contributed by atoms with Crippen LogP contribution in [0, 0.1) is 6.92 Å². The molecule has 2 N–H and O–H groups in total. The number of phenolic OH excluding ortho intramolecular Hbond substituents is 1. The average Bonchev–Trinajstić information content (AvgIpc) is 3.47. The second kappa shape index (κ2) is 10.3. The maximum absolute atomic E-state index is 13.6. The van der Waals surface area contributed by atoms with E-state index in [-0.39, 0.29) is 33.4 Å². The number of benzene rings is 3. The molecule has 0 bridgehead atoms. The van der Waals surface area contributed by atoms with E-state index < -0.39 is 23.4 Å². The highest BCUT2D eigenvalue weighted by Gasteiger charge is 2.42. The Kier molecular flexibility index (Phi) is 7.00. The lowest BCUT2D eigenvalue weighted by Crippen LogP contribution is -2.38. The highest BCUT2D eigenvalue weighted by molar-refractivity contribution is 6.43. The molecule has 2 amide bonds. The number of carbonyl (C=O) groups is 2. The smallest absolute Gasteiger partial charge is 0.422 e. The Hall–Kier alpha value is -4.76. The predicted octanol–water partition coefficient (Wildman–Crippen LogP) is 7.39. The van der Waals surface area contributed by atoms with Gasteiger partial charge in [0.2, 0.25) is 5.76 Å². The van der Waals surface area contributed by atoms with Crippen LogP contribution >= 0.6 is 11.6 Å². The lowest BCUT2D eigenvalue weighted by atomic mass is 9.96. The third kappa shape index (κ3) is 5.12. The minimum atomic E-state index is -0.911. The number of aliphatic hydroxyl groups excluding tert-OH is 1. The number of aliphatic hydroxyl groups is 1. The Morgan fingerprint density at radius 3 is 2.24 bits per heavy atom. The van der Waals surface area contributed by atoms with Crippen molar-refractivity contribution in [1.29, 1.82) is 0 Å². The molecule has 10 heteroatoms. The molecule has 0 spiro atoms. The Morgan fingerprint density at radius 2 is 1.66 bits per heavy atom. The van der Waals surface area contributed by atoms with Gasteiger partial charge in [0.1, 0.15) is 5.60 Å². The van der Waals surface area contributed by atoms with E-state index in [1.54, 1.807) is 52.0 Å². The predicted molar refractivity (Wildman–Crippen MR) is 155 cm³/mol. The minimum Gasteiger partial charge on any atom is -0.504 e. The largest absolute Gasteiger partial charge is 0.504 e. The number of anilines is 1. The lowest BCUT2D eigenvalue weighted by Gasteiger charge is -2.23. The number of nitrogens with zero attached hydrogens (tertiary/aromatic N) is 2. The summed E-state index contributed by atoms with van der Waals surface area (Å²) in [5, 5.41) is 25.7. The number of carbonyl (C=O) groups excluding carboxylic acids is 2. The number of para-hydroxylation sites is 1. The molecule has 9 nitrogen and oxygen atoms in total. The number of hydrogen-bond acceptors (Lipinski definition) is 8. The maximum atomic E-state index is 13.6. The van der Waals surface area contributed by atoms with Gasteiger partial charge in [0.25, 0.3) is 5.91 Å². The molecule has 0 aliphatic carbocycles. The van der Waals surface area contributed by atoms with E-state index in [1.807, 2.05) is 24.3 Å². The first-order chi connectivity index (χ1) is 19.4. The van der Waals surface area contributed by atoms with E-state index in [9.17, 15) is 19.8 Å². The SMILES string of the molecule is COc1cccc(-c2ccc(-c3cc4c(cc3Cl)N(C(=O)OC(C)(C)C)C(=O)/C4=C(/O)c3cc(C)no3)cc2)c1O. The third-order valence-electron chi connectivity index (χ3n) is 6.41. The average molecular weight is 575 g/mol. The van der Waals surface area contributed by atoms with Crippen LogP contribution in [-0.2, 0) is 9.53 Å². The van der Waals surface area contributed by atoms with E-state index in [1.165, 1.54) is 19.2 Å². The zero-order valence-corrected chi connectivity index (χ0v) is 23.7. The van der Waals surface area contributed by atoms with Crippen LogP contribution in [0.15, 0.2) is 65.2 Å². The fraction of sp³-hybridized carbons (Fsp3) is 0.194. The Morgan fingerprint density at radius 1 is 1.00 bits per heavy atom. The van der Waals surface area contributed by atoms with Crippen molar-refractivity contribution in [2.45, 2.75) is 33.3 Å². The van der Waals surface area contributed by atoms with Gasteiger partial charge in [-0.2, -0.15) is 0 Å². The number of amides is 2. The van der Waals surface area contributed by atoms with Crippen LogP contribution in [-0.4, -0.2) is 40.1 Å². The Labute approximate surface area is 241 Å². The molecule has 210 valence electrons. The Bertz CT molecular complexity index is 1720. The highest BCUT2D eigenvalue weighted by Crippen LogP contribution is 2.46. The first-order valence-electron chi connectivity index (χ1n) is 12.6. The van der Waals surface area contributed by atoms with Crippen LogP contribution in [0.5, 0.6) is 11.5 Å². The number of aromatic nitrogens is 1. The summed E-state index contributed by atoms with van der Waals surface area (Å²) in [6.45, 7) is 6.73. The fourth-order valence-electron chi connectivity index (χ4n) is 4.57. The van der Waals surface area contributed by atoms with Crippen molar-refractivity contribution < 1.29 is 33.8 Å². The normalized spacial score (nSPS) is 14.2. The number of phenols is 1. The van der Waals surface area contributed by atoms with Gasteiger partial charge in [0, 0.05) is 22.8 Å². The van der Waals surface area contributed by atoms with Gasteiger partial charge in [-0.25, -0.2) is 9.69 Å². The van der Waals surface area contributed by atoms with Crippen LogP contribution in [0.4, 0.5) is 10.5 Å². The van der Waals surface area contributed by atoms with Gasteiger partial charge in [-0.05, 0) is 57.0 Å². The second-order valence-electron chi connectivity index (χ2n) is 10.5. The molecule has 0 saturated heterocycles. The number of halogens is 1. The van der Waals surface area contributed by atoms with Gasteiger partial charge in [0.15, 0.2) is 17.3 Å². The number of aromatic hydroxyl groups is 1. The van der Waals surface area contributed by atoms with Gasteiger partial charge in [-0.15, -0.1) is 0 Å². The Balaban J connectivity index is 1.63. The summed E-state index contributed by atoms with van der Waals surface area (Å²) in [6.07, 6.45) is -0.911. The topological polar surface area (TPSA) is 122 Å². The summed E-state index contributed by atoms with van der Waals surface area (Å²) < 4.78 is 15.9. The van der Waals surface area contributed by atoms with Crippen molar-refractivity contribution in [1.82, 2.24) is 5.16 Å². The van der Waals surface area contributed by atoms with Crippen LogP contribution in [0.2, 0.25) is 5.02 Å². The molecule has 0 fully saturated rings. The number of aryl methyl sites for hydroxylation is 1. The molecule has 2 heterocycles. The fourth-order valence-corrected chi connectivity index (χ4v) is 4.84. The molecule has 1 aliphatic heterocycles. The standard InChI is InChI=1S/C31H27ClN2O7/c1-16-13-25(41-33-16)28(36)26-21-14-20(22(32)15-23(21)34(29(26)37)30(38)40-31(2,3)4)18-11-9-17(10-12-18)19-7-6-8-24(39-5)27(19)35/h6-15,35-36H,1-5H3/b28-26+. The van der Waals surface area contributed by atoms with Crippen LogP contribution in [0.1, 0.15) is 37.8 Å². The van der Waals surface area contributed by atoms with Crippen LogP contribution in [0.3, 0.4) is 0 Å². The number of hydrogen-bond donors (Lipinski definition) is 2. The van der Waals surface area contributed by atoms with Crippen molar-refractivity contribution in [3.8, 4) is 33.8 Å². The van der Waals surface area contributed by atoms with E-state index in [4.69, 9.17) is 25.6 Å². The zero-order valence-electron chi connectivity index (χ0n) is 23.0. The second-order valence-corrected chi connectivity index (χ2v) is 10.9. The molecule has 4 aromatic rings. The first-order valence-corrected chi connectivity index (χ1v) is 13.0. The summed E-state index contributed by atoms with van der Waals surface area (Å²) in [4.78, 5) is 27.6. The summed E-state index contributed by atoms with van der Waals surface area (Å²) in [5.41, 5.74) is 2.47. The minimum absolute atomic E-state index is 0.0203. The van der Waals surface area contributed by atoms with Gasteiger partial charge in [0.05, 0.1) is 29.1 Å². The first kappa shape index (κ1) is 27.8. The maximum Gasteiger partial charge on any atom is 0.422 e. The number of rotatable bonds is 4. The van der Waals surface area contributed by atoms with E-state index >= 15 is 0 Å². The molecule has 3 aromatic carbocycles. The van der Waals surface area contributed by atoms with Crippen LogP contribution in [0.25, 0.3) is 33.6 Å². The van der Waals surface area contributed by atoms with Crippen molar-refractivity contribution in [3.63, 3.8) is 0 Å². The van der Waals surface area contributed by atoms with Gasteiger partial charge < -0.3 is 24.2 Å². The van der Waals surface area contributed by atoms with E-state index in [0.717, 1.165) is 10.5 Å². The quantitative estimate of drug-likeness (QED) is 0.191. The molecule has 0 atom stereocenters. The van der Waals surface area contributed by atoms with Crippen molar-refractivity contribution in [2.24, 2.45) is 0 Å². The van der Waals surface area contributed by atoms with Crippen LogP contribution < -0.4 is 9.64 Å². The molecular formula is C31H27ClN2O7. The summed E-state index contributed by atoms with van der Waals surface area (Å²) >= 11 is 6.71. The highest BCUT2D eigenvalue weighted by atomic mass is 35.5. The van der Waals surface area contributed by atoms with Gasteiger partial charge in [-0.1, -0.05) is 53.2 Å². The monoisotopic (exact) mass is 574 g/mol. The molecular weight excluding hydrogens is 548 g/mol. The lowest BCUT2D eigenvalue weighted by molar-refractivity contribution is -0.112. The number of fused-ring (bicyclic) bond motifs is 1. The number of ether oxygens (including phenoxy) is 2. The molecule has 41 heavy (non-hydrogen) atoms. The van der Waals surface area contributed by atoms with E-state index in [2.05, 4.69) is 5.16 Å². The molecule has 0 radical (unpaired) electrons. The molecule has 1 aliphatic rings. The summed E-state index contributed by atoms with van der Waals surface area (Å²) in [5.74, 6) is -0.917.